The minimum atomic E-state index is -1.38. The largest absolute Gasteiger partial charge is 0.463 e. The van der Waals surface area contributed by atoms with Crippen LogP contribution in [-0.4, -0.2) is 74.3 Å². The number of hydrogen-bond acceptors (Lipinski definition) is 11. The molecule has 4 rings (SSSR count). The summed E-state index contributed by atoms with van der Waals surface area (Å²) in [6.07, 6.45) is -4.18. The number of carbonyl (C=O) groups excluding carboxylic acids is 3. The zero-order chi connectivity index (χ0) is 30.6. The fraction of sp³-hybridized carbons (Fsp3) is 0.483. The molecule has 42 heavy (non-hydrogen) atoms. The van der Waals surface area contributed by atoms with E-state index in [-0.39, 0.29) is 24.8 Å². The number of nitrogens with one attached hydrogen (secondary N) is 1. The Morgan fingerprint density at radius 3 is 2.52 bits per heavy atom. The topological polar surface area (TPSA) is 177 Å². The second kappa shape index (κ2) is 12.7. The number of nitrogens with zero attached hydrogens (tertiary/aromatic N) is 3. The number of nitrogens with two attached hydrogens (primary N) is 1. The van der Waals surface area contributed by atoms with Gasteiger partial charge in [0, 0.05) is 0 Å². The molecule has 0 aliphatic carbocycles. The highest BCUT2D eigenvalue weighted by Gasteiger charge is 2.49. The van der Waals surface area contributed by atoms with Crippen molar-refractivity contribution in [1.29, 1.82) is 0 Å². The third kappa shape index (κ3) is 7.34. The van der Waals surface area contributed by atoms with Gasteiger partial charge < -0.3 is 35.1 Å². The number of benzene rings is 1. The number of ether oxygens (including phenoxy) is 4. The summed E-state index contributed by atoms with van der Waals surface area (Å²) in [6, 6.07) is 11.3. The number of rotatable bonds is 9. The summed E-state index contributed by atoms with van der Waals surface area (Å²) in [5.41, 5.74) is 6.87. The SMILES string of the molecule is CC(C)[C@H](NC(=O)OC(C)(C)C)C(=O)O[C@@H]1[C@@H](COC(=O)Cc2ccccc2)OC(c2ccc3c(N)ncnn23)[C@@H]1O. The maximum Gasteiger partial charge on any atom is 0.408 e. The van der Waals surface area contributed by atoms with Gasteiger partial charge in [-0.25, -0.2) is 19.1 Å². The molecular weight excluding hydrogens is 546 g/mol. The molecule has 0 radical (unpaired) electrons. The Morgan fingerprint density at radius 1 is 1.14 bits per heavy atom. The molecule has 1 fully saturated rings. The van der Waals surface area contributed by atoms with E-state index in [0.29, 0.717) is 11.2 Å². The van der Waals surface area contributed by atoms with E-state index >= 15 is 0 Å². The van der Waals surface area contributed by atoms with Crippen molar-refractivity contribution in [2.45, 2.75) is 77.1 Å². The highest BCUT2D eigenvalue weighted by molar-refractivity contribution is 5.82. The van der Waals surface area contributed by atoms with E-state index in [0.717, 1.165) is 5.56 Å². The molecule has 3 aromatic rings. The number of esters is 2. The molecule has 5 atom stereocenters. The van der Waals surface area contributed by atoms with Crippen molar-refractivity contribution in [2.24, 2.45) is 5.92 Å². The zero-order valence-electron chi connectivity index (χ0n) is 24.2. The van der Waals surface area contributed by atoms with Gasteiger partial charge in [0.2, 0.25) is 0 Å². The highest BCUT2D eigenvalue weighted by Crippen LogP contribution is 2.36. The normalized spacial score (nSPS) is 21.2. The number of amides is 1. The first-order valence-electron chi connectivity index (χ1n) is 13.6. The van der Waals surface area contributed by atoms with Crippen molar-refractivity contribution < 1.29 is 38.4 Å². The molecule has 1 aliphatic heterocycles. The lowest BCUT2D eigenvalue weighted by Crippen LogP contribution is -2.50. The minimum absolute atomic E-state index is 0.0266. The maximum absolute atomic E-state index is 13.4. The number of carbonyl (C=O) groups is 3. The van der Waals surface area contributed by atoms with Gasteiger partial charge in [0.15, 0.2) is 11.9 Å². The Kier molecular flexibility index (Phi) is 9.32. The van der Waals surface area contributed by atoms with Crippen molar-refractivity contribution in [3.63, 3.8) is 0 Å². The average molecular weight is 584 g/mol. The molecule has 13 heteroatoms. The monoisotopic (exact) mass is 583 g/mol. The Bertz CT molecular complexity index is 1400. The standard InChI is InChI=1S/C29H37N5O8/c1-16(2)22(33-28(38)42-29(3,4)5)27(37)41-25-20(14-39-21(35)13-17-9-7-6-8-10-17)40-24(23(25)36)18-11-12-19-26(30)31-15-32-34(18)19/h6-12,15-16,20,22-25,36H,13-14H2,1-5H3,(H,33,38)(H2,30,31,32)/t20-,22+,23+,24?,25-/m1/s1. The van der Waals surface area contributed by atoms with Crippen molar-refractivity contribution in [2.75, 3.05) is 12.3 Å². The van der Waals surface area contributed by atoms with Crippen molar-refractivity contribution >= 4 is 29.4 Å². The lowest BCUT2D eigenvalue weighted by Gasteiger charge is -2.27. The molecular formula is C29H37N5O8. The molecule has 3 heterocycles. The predicted octanol–water partition coefficient (Wildman–Crippen LogP) is 2.36. The highest BCUT2D eigenvalue weighted by atomic mass is 16.6. The zero-order valence-corrected chi connectivity index (χ0v) is 24.2. The van der Waals surface area contributed by atoms with Crippen molar-refractivity contribution in [3.05, 3.63) is 60.0 Å². The molecule has 13 nitrogen and oxygen atoms in total. The van der Waals surface area contributed by atoms with Crippen LogP contribution >= 0.6 is 0 Å². The Hall–Kier alpha value is -4.23. The van der Waals surface area contributed by atoms with Crippen LogP contribution in [0.15, 0.2) is 48.8 Å². The molecule has 1 aromatic carbocycles. The minimum Gasteiger partial charge on any atom is -0.463 e. The quantitative estimate of drug-likeness (QED) is 0.249. The summed E-state index contributed by atoms with van der Waals surface area (Å²) in [7, 11) is 0. The maximum atomic E-state index is 13.4. The third-order valence-corrected chi connectivity index (χ3v) is 6.58. The Morgan fingerprint density at radius 2 is 1.86 bits per heavy atom. The van der Waals surface area contributed by atoms with Crippen LogP contribution in [0.5, 0.6) is 0 Å². The van der Waals surface area contributed by atoms with Crippen LogP contribution in [0.25, 0.3) is 5.52 Å². The molecule has 1 unspecified atom stereocenters. The smallest absolute Gasteiger partial charge is 0.408 e. The van der Waals surface area contributed by atoms with E-state index < -0.39 is 54.1 Å². The first-order chi connectivity index (χ1) is 19.8. The van der Waals surface area contributed by atoms with Crippen LogP contribution in [0.4, 0.5) is 10.6 Å². The second-order valence-electron chi connectivity index (χ2n) is 11.4. The molecule has 0 saturated carbocycles. The number of anilines is 1. The fourth-order valence-electron chi connectivity index (χ4n) is 4.58. The number of aliphatic hydroxyl groups excluding tert-OH is 1. The Balaban J connectivity index is 1.54. The van der Waals surface area contributed by atoms with E-state index in [9.17, 15) is 19.5 Å². The molecule has 1 saturated heterocycles. The van der Waals surface area contributed by atoms with E-state index in [4.69, 9.17) is 24.7 Å². The van der Waals surface area contributed by atoms with Gasteiger partial charge in [-0.1, -0.05) is 44.2 Å². The molecule has 0 bridgehead atoms. The van der Waals surface area contributed by atoms with Crippen LogP contribution in [0, 0.1) is 5.92 Å². The van der Waals surface area contributed by atoms with Gasteiger partial charge in [-0.05, 0) is 44.4 Å². The van der Waals surface area contributed by atoms with Crippen LogP contribution in [-0.2, 0) is 35.0 Å². The first kappa shape index (κ1) is 30.7. The van der Waals surface area contributed by atoms with Gasteiger partial charge in [-0.2, -0.15) is 5.10 Å². The van der Waals surface area contributed by atoms with Crippen LogP contribution in [0.2, 0.25) is 0 Å². The second-order valence-corrected chi connectivity index (χ2v) is 11.4. The van der Waals surface area contributed by atoms with E-state index in [1.165, 1.54) is 10.8 Å². The van der Waals surface area contributed by atoms with E-state index in [2.05, 4.69) is 15.4 Å². The summed E-state index contributed by atoms with van der Waals surface area (Å²) in [4.78, 5) is 42.3. The molecule has 1 aliphatic rings. The predicted molar refractivity (Wildman–Crippen MR) is 150 cm³/mol. The van der Waals surface area contributed by atoms with Crippen LogP contribution in [0.3, 0.4) is 0 Å². The molecule has 2 aromatic heterocycles. The third-order valence-electron chi connectivity index (χ3n) is 6.58. The fourth-order valence-corrected chi connectivity index (χ4v) is 4.58. The number of aliphatic hydroxyl groups is 1. The van der Waals surface area contributed by atoms with Crippen LogP contribution in [0.1, 0.15) is 52.0 Å². The summed E-state index contributed by atoms with van der Waals surface area (Å²) >= 11 is 0. The molecule has 4 N–H and O–H groups in total. The summed E-state index contributed by atoms with van der Waals surface area (Å²) in [6.45, 7) is 8.27. The van der Waals surface area contributed by atoms with E-state index in [1.807, 2.05) is 18.2 Å². The lowest BCUT2D eigenvalue weighted by atomic mass is 10.0. The number of nitrogen functional groups attached to an aromatic ring is 1. The average Bonchev–Trinajstić information content (AvgIpc) is 3.47. The van der Waals surface area contributed by atoms with Gasteiger partial charge in [0.25, 0.3) is 0 Å². The number of fused-ring (bicyclic) bond motifs is 1. The molecule has 0 spiro atoms. The van der Waals surface area contributed by atoms with Crippen molar-refractivity contribution in [1.82, 2.24) is 19.9 Å². The summed E-state index contributed by atoms with van der Waals surface area (Å²) < 4.78 is 24.1. The first-order valence-corrected chi connectivity index (χ1v) is 13.6. The number of aromatic nitrogens is 3. The molecule has 1 amide bonds. The number of alkyl carbamates (subject to hydrolysis) is 1. The molecule has 226 valence electrons. The van der Waals surface area contributed by atoms with Gasteiger partial charge in [-0.3, -0.25) is 4.79 Å². The summed E-state index contributed by atoms with van der Waals surface area (Å²) in [5, 5.41) is 18.1. The van der Waals surface area contributed by atoms with Gasteiger partial charge >= 0.3 is 18.0 Å². The number of hydrogen-bond donors (Lipinski definition) is 3. The van der Waals surface area contributed by atoms with E-state index in [1.54, 1.807) is 58.9 Å². The Labute approximate surface area is 243 Å². The van der Waals surface area contributed by atoms with Gasteiger partial charge in [0.1, 0.15) is 48.4 Å². The van der Waals surface area contributed by atoms with Crippen LogP contribution < -0.4 is 11.1 Å². The lowest BCUT2D eigenvalue weighted by molar-refractivity contribution is -0.163. The van der Waals surface area contributed by atoms with Crippen molar-refractivity contribution in [3.8, 4) is 0 Å². The van der Waals surface area contributed by atoms with Gasteiger partial charge in [0.05, 0.1) is 12.1 Å². The van der Waals surface area contributed by atoms with Gasteiger partial charge in [-0.15, -0.1) is 0 Å². The summed E-state index contributed by atoms with van der Waals surface area (Å²) in [5.74, 6) is -1.48.